The molecule has 0 saturated carbocycles. The average Bonchev–Trinajstić information content (AvgIpc) is 2.30. The zero-order chi connectivity index (χ0) is 10.7. The second-order valence-corrected chi connectivity index (χ2v) is 5.05. The largest absolute Gasteiger partial charge is 0.298 e. The highest BCUT2D eigenvalue weighted by atomic mass is 32.2. The Morgan fingerprint density at radius 1 is 1.33 bits per heavy atom. The number of halogens is 1. The minimum absolute atomic E-state index is 0.556. The highest BCUT2D eigenvalue weighted by Crippen LogP contribution is 2.39. The molecule has 0 unspecified atom stereocenters. The summed E-state index contributed by atoms with van der Waals surface area (Å²) in [5.41, 5.74) is -0.000253. The van der Waals surface area contributed by atoms with Crippen molar-refractivity contribution in [2.75, 3.05) is 11.5 Å². The first kappa shape index (κ1) is 10.7. The standard InChI is InChI=1S/C12H13FOS/c13-12(4-6-15-7-5-12)11-3-1-2-10(8-11)9-14/h1-3,8-9H,4-7H2. The van der Waals surface area contributed by atoms with Crippen LogP contribution in [0.25, 0.3) is 0 Å². The third-order valence-corrected chi connectivity index (χ3v) is 3.81. The molecule has 0 atom stereocenters. The molecule has 0 aliphatic carbocycles. The van der Waals surface area contributed by atoms with Gasteiger partial charge in [-0.25, -0.2) is 4.39 Å². The van der Waals surface area contributed by atoms with Crippen molar-refractivity contribution in [2.45, 2.75) is 18.5 Å². The van der Waals surface area contributed by atoms with Gasteiger partial charge >= 0.3 is 0 Å². The van der Waals surface area contributed by atoms with Crippen molar-refractivity contribution in [3.63, 3.8) is 0 Å². The quantitative estimate of drug-likeness (QED) is 0.718. The number of hydrogen-bond acceptors (Lipinski definition) is 2. The fourth-order valence-electron chi connectivity index (χ4n) is 1.87. The second-order valence-electron chi connectivity index (χ2n) is 3.82. The molecular weight excluding hydrogens is 211 g/mol. The van der Waals surface area contributed by atoms with Gasteiger partial charge in [0.05, 0.1) is 0 Å². The van der Waals surface area contributed by atoms with Crippen LogP contribution in [0.3, 0.4) is 0 Å². The molecule has 0 bridgehead atoms. The van der Waals surface area contributed by atoms with Crippen molar-refractivity contribution in [2.24, 2.45) is 0 Å². The van der Waals surface area contributed by atoms with Crippen molar-refractivity contribution in [3.8, 4) is 0 Å². The molecule has 0 N–H and O–H groups in total. The third-order valence-electron chi connectivity index (χ3n) is 2.83. The number of carbonyl (C=O) groups excluding carboxylic acids is 1. The lowest BCUT2D eigenvalue weighted by Gasteiger charge is -2.29. The molecule has 1 aliphatic heterocycles. The highest BCUT2D eigenvalue weighted by Gasteiger charge is 2.33. The maximum atomic E-state index is 14.5. The van der Waals surface area contributed by atoms with Crippen molar-refractivity contribution >= 4 is 18.0 Å². The van der Waals surface area contributed by atoms with E-state index in [0.29, 0.717) is 24.0 Å². The average molecular weight is 224 g/mol. The molecule has 1 aromatic rings. The number of benzene rings is 1. The lowest BCUT2D eigenvalue weighted by atomic mass is 9.89. The van der Waals surface area contributed by atoms with Crippen LogP contribution in [0, 0.1) is 0 Å². The van der Waals surface area contributed by atoms with Gasteiger partial charge in [0.2, 0.25) is 0 Å². The maximum absolute atomic E-state index is 14.5. The summed E-state index contributed by atoms with van der Waals surface area (Å²) in [6.45, 7) is 0. The molecule has 15 heavy (non-hydrogen) atoms. The van der Waals surface area contributed by atoms with E-state index in [1.54, 1.807) is 36.0 Å². The molecule has 1 heterocycles. The van der Waals surface area contributed by atoms with E-state index in [1.807, 2.05) is 0 Å². The van der Waals surface area contributed by atoms with Gasteiger partial charge in [0.25, 0.3) is 0 Å². The third kappa shape index (κ3) is 2.23. The SMILES string of the molecule is O=Cc1cccc(C2(F)CCSCC2)c1. The van der Waals surface area contributed by atoms with Crippen molar-refractivity contribution in [3.05, 3.63) is 35.4 Å². The van der Waals surface area contributed by atoms with Crippen molar-refractivity contribution < 1.29 is 9.18 Å². The molecule has 0 radical (unpaired) electrons. The van der Waals surface area contributed by atoms with Gasteiger partial charge in [0.1, 0.15) is 12.0 Å². The summed E-state index contributed by atoms with van der Waals surface area (Å²) in [7, 11) is 0. The molecule has 1 nitrogen and oxygen atoms in total. The van der Waals surface area contributed by atoms with E-state index in [9.17, 15) is 9.18 Å². The van der Waals surface area contributed by atoms with Crippen molar-refractivity contribution in [1.29, 1.82) is 0 Å². The summed E-state index contributed by atoms with van der Waals surface area (Å²) >= 11 is 1.79. The Morgan fingerprint density at radius 3 is 2.73 bits per heavy atom. The topological polar surface area (TPSA) is 17.1 Å². The van der Waals surface area contributed by atoms with Crippen molar-refractivity contribution in [1.82, 2.24) is 0 Å². The first-order valence-corrected chi connectivity index (χ1v) is 6.22. The summed E-state index contributed by atoms with van der Waals surface area (Å²) < 4.78 is 14.5. The van der Waals surface area contributed by atoms with Crippen LogP contribution in [0.5, 0.6) is 0 Å². The number of rotatable bonds is 2. The molecule has 1 aromatic carbocycles. The van der Waals surface area contributed by atoms with Gasteiger partial charge in [-0.05, 0) is 36.0 Å². The van der Waals surface area contributed by atoms with Gasteiger partial charge in [0, 0.05) is 5.56 Å². The molecule has 0 aromatic heterocycles. The Morgan fingerprint density at radius 2 is 2.07 bits per heavy atom. The van der Waals surface area contributed by atoms with Crippen LogP contribution in [-0.2, 0) is 5.67 Å². The number of alkyl halides is 1. The van der Waals surface area contributed by atoms with Gasteiger partial charge in [-0.2, -0.15) is 11.8 Å². The van der Waals surface area contributed by atoms with Gasteiger partial charge in [-0.3, -0.25) is 4.79 Å². The molecule has 1 fully saturated rings. The van der Waals surface area contributed by atoms with E-state index in [1.165, 1.54) is 0 Å². The fraction of sp³-hybridized carbons (Fsp3) is 0.417. The van der Waals surface area contributed by atoms with E-state index in [-0.39, 0.29) is 0 Å². The first-order valence-electron chi connectivity index (χ1n) is 5.07. The van der Waals surface area contributed by atoms with Crippen LogP contribution < -0.4 is 0 Å². The molecule has 80 valence electrons. The van der Waals surface area contributed by atoms with Gasteiger partial charge < -0.3 is 0 Å². The van der Waals surface area contributed by atoms with Crippen LogP contribution in [0.4, 0.5) is 4.39 Å². The Balaban J connectivity index is 2.30. The smallest absolute Gasteiger partial charge is 0.150 e. The number of carbonyl (C=O) groups is 1. The summed E-state index contributed by atoms with van der Waals surface area (Å²) in [6, 6.07) is 6.91. The number of hydrogen-bond donors (Lipinski definition) is 0. The van der Waals surface area contributed by atoms with E-state index in [4.69, 9.17) is 0 Å². The first-order chi connectivity index (χ1) is 7.24. The maximum Gasteiger partial charge on any atom is 0.150 e. The van der Waals surface area contributed by atoms with E-state index >= 15 is 0 Å². The molecule has 1 aliphatic rings. The fourth-order valence-corrected chi connectivity index (χ4v) is 3.01. The predicted octanol–water partition coefficient (Wildman–Crippen LogP) is 3.19. The molecule has 0 spiro atoms. The highest BCUT2D eigenvalue weighted by molar-refractivity contribution is 7.99. The zero-order valence-electron chi connectivity index (χ0n) is 8.41. The Kier molecular flexibility index (Phi) is 3.10. The van der Waals surface area contributed by atoms with Crippen LogP contribution >= 0.6 is 11.8 Å². The lowest BCUT2D eigenvalue weighted by Crippen LogP contribution is -2.25. The minimum atomic E-state index is -1.22. The van der Waals surface area contributed by atoms with E-state index < -0.39 is 5.67 Å². The Labute approximate surface area is 93.1 Å². The monoisotopic (exact) mass is 224 g/mol. The Bertz CT molecular complexity index is 358. The molecule has 3 heteroatoms. The number of thioether (sulfide) groups is 1. The molecule has 1 saturated heterocycles. The summed E-state index contributed by atoms with van der Waals surface area (Å²) in [6.07, 6.45) is 1.88. The minimum Gasteiger partial charge on any atom is -0.298 e. The van der Waals surface area contributed by atoms with E-state index in [2.05, 4.69) is 0 Å². The van der Waals surface area contributed by atoms with Crippen LogP contribution in [0.15, 0.2) is 24.3 Å². The van der Waals surface area contributed by atoms with Gasteiger partial charge in [-0.15, -0.1) is 0 Å². The summed E-state index contributed by atoms with van der Waals surface area (Å²) in [4.78, 5) is 10.6. The van der Waals surface area contributed by atoms with Gasteiger partial charge in [0.15, 0.2) is 0 Å². The lowest BCUT2D eigenvalue weighted by molar-refractivity contribution is 0.112. The van der Waals surface area contributed by atoms with Crippen LogP contribution in [0.2, 0.25) is 0 Å². The van der Waals surface area contributed by atoms with Gasteiger partial charge in [-0.1, -0.05) is 18.2 Å². The number of aldehydes is 1. The molecule has 0 amide bonds. The second kappa shape index (κ2) is 4.35. The molecular formula is C12H13FOS. The van der Waals surface area contributed by atoms with Crippen LogP contribution in [-0.4, -0.2) is 17.8 Å². The van der Waals surface area contributed by atoms with Crippen LogP contribution in [0.1, 0.15) is 28.8 Å². The Hall–Kier alpha value is -0.830. The zero-order valence-corrected chi connectivity index (χ0v) is 9.23. The summed E-state index contributed by atoms with van der Waals surface area (Å²) in [5, 5.41) is 0. The van der Waals surface area contributed by atoms with E-state index in [0.717, 1.165) is 17.8 Å². The molecule has 2 rings (SSSR count). The predicted molar refractivity (Wildman–Crippen MR) is 61.2 cm³/mol. The normalized spacial score (nSPS) is 19.8. The summed E-state index contributed by atoms with van der Waals surface area (Å²) in [5.74, 6) is 1.73.